The molecule has 1 heterocycles. The molecule has 0 amide bonds. The van der Waals surface area contributed by atoms with Gasteiger partial charge < -0.3 is 10.1 Å². The van der Waals surface area contributed by atoms with Gasteiger partial charge in [0.2, 0.25) is 0 Å². The summed E-state index contributed by atoms with van der Waals surface area (Å²) in [5, 5.41) is 7.32. The van der Waals surface area contributed by atoms with Gasteiger partial charge in [-0.1, -0.05) is 13.8 Å². The average molecular weight is 211 g/mol. The van der Waals surface area contributed by atoms with Crippen molar-refractivity contribution in [2.75, 3.05) is 7.11 Å². The van der Waals surface area contributed by atoms with Gasteiger partial charge in [-0.3, -0.25) is 4.68 Å². The van der Waals surface area contributed by atoms with Crippen molar-refractivity contribution < 1.29 is 9.53 Å². The fraction of sp³-hybridized carbons (Fsp3) is 0.600. The molecule has 0 aliphatic rings. The third-order valence-corrected chi connectivity index (χ3v) is 2.06. The van der Waals surface area contributed by atoms with Crippen LogP contribution in [0.5, 0.6) is 0 Å². The number of carbonyl (C=O) groups excluding carboxylic acids is 1. The Morgan fingerprint density at radius 1 is 1.67 bits per heavy atom. The van der Waals surface area contributed by atoms with Crippen molar-refractivity contribution in [3.05, 3.63) is 17.5 Å². The molecular weight excluding hydrogens is 194 g/mol. The van der Waals surface area contributed by atoms with Gasteiger partial charge in [0.05, 0.1) is 12.8 Å². The van der Waals surface area contributed by atoms with Gasteiger partial charge in [0.15, 0.2) is 5.69 Å². The SMILES string of the molecule is COC(=O)c1cc(CNC(C)C)n(C)n1. The number of rotatable bonds is 4. The molecule has 0 spiro atoms. The zero-order valence-electron chi connectivity index (χ0n) is 9.57. The summed E-state index contributed by atoms with van der Waals surface area (Å²) in [6.45, 7) is 4.83. The Morgan fingerprint density at radius 2 is 2.33 bits per heavy atom. The molecule has 0 saturated carbocycles. The number of hydrogen-bond acceptors (Lipinski definition) is 4. The van der Waals surface area contributed by atoms with Crippen molar-refractivity contribution >= 4 is 5.97 Å². The summed E-state index contributed by atoms with van der Waals surface area (Å²) in [6, 6.07) is 2.14. The maximum absolute atomic E-state index is 11.2. The number of nitrogens with zero attached hydrogens (tertiary/aromatic N) is 2. The van der Waals surface area contributed by atoms with E-state index in [-0.39, 0.29) is 0 Å². The van der Waals surface area contributed by atoms with Crippen LogP contribution in [-0.4, -0.2) is 28.9 Å². The van der Waals surface area contributed by atoms with E-state index in [1.54, 1.807) is 10.7 Å². The largest absolute Gasteiger partial charge is 0.464 e. The molecule has 0 unspecified atom stereocenters. The summed E-state index contributed by atoms with van der Waals surface area (Å²) in [5.41, 5.74) is 1.31. The van der Waals surface area contributed by atoms with Gasteiger partial charge in [0.1, 0.15) is 0 Å². The minimum absolute atomic E-state index is 0.348. The van der Waals surface area contributed by atoms with Crippen LogP contribution in [0, 0.1) is 0 Å². The molecule has 0 fully saturated rings. The lowest BCUT2D eigenvalue weighted by Crippen LogP contribution is -2.23. The molecule has 15 heavy (non-hydrogen) atoms. The van der Waals surface area contributed by atoms with Crippen LogP contribution in [0.2, 0.25) is 0 Å². The predicted molar refractivity (Wildman–Crippen MR) is 56.5 cm³/mol. The van der Waals surface area contributed by atoms with E-state index in [2.05, 4.69) is 29.0 Å². The lowest BCUT2D eigenvalue weighted by atomic mass is 10.3. The van der Waals surface area contributed by atoms with E-state index in [0.29, 0.717) is 18.3 Å². The molecule has 0 saturated heterocycles. The maximum atomic E-state index is 11.2. The van der Waals surface area contributed by atoms with Crippen molar-refractivity contribution in [2.45, 2.75) is 26.4 Å². The van der Waals surface area contributed by atoms with Gasteiger partial charge in [-0.05, 0) is 6.07 Å². The molecule has 1 rings (SSSR count). The lowest BCUT2D eigenvalue weighted by Gasteiger charge is -2.07. The molecule has 1 aromatic heterocycles. The monoisotopic (exact) mass is 211 g/mol. The topological polar surface area (TPSA) is 56.1 Å². The molecule has 0 aromatic carbocycles. The minimum atomic E-state index is -0.401. The fourth-order valence-electron chi connectivity index (χ4n) is 1.18. The smallest absolute Gasteiger partial charge is 0.358 e. The van der Waals surface area contributed by atoms with E-state index in [0.717, 1.165) is 5.69 Å². The summed E-state index contributed by atoms with van der Waals surface area (Å²) in [7, 11) is 3.16. The minimum Gasteiger partial charge on any atom is -0.464 e. The summed E-state index contributed by atoms with van der Waals surface area (Å²) in [4.78, 5) is 11.2. The summed E-state index contributed by atoms with van der Waals surface area (Å²) >= 11 is 0. The Kier molecular flexibility index (Phi) is 3.85. The number of carbonyl (C=O) groups is 1. The first-order valence-electron chi connectivity index (χ1n) is 4.89. The Labute approximate surface area is 89.4 Å². The predicted octanol–water partition coefficient (Wildman–Crippen LogP) is 0.705. The quantitative estimate of drug-likeness (QED) is 0.745. The molecule has 0 radical (unpaired) electrons. The van der Waals surface area contributed by atoms with Crippen molar-refractivity contribution in [3.8, 4) is 0 Å². The van der Waals surface area contributed by atoms with Crippen LogP contribution in [0.15, 0.2) is 6.07 Å². The third kappa shape index (κ3) is 3.06. The number of aromatic nitrogens is 2. The Morgan fingerprint density at radius 3 is 2.87 bits per heavy atom. The summed E-state index contributed by atoms with van der Waals surface area (Å²) < 4.78 is 6.28. The zero-order valence-corrected chi connectivity index (χ0v) is 9.57. The number of aryl methyl sites for hydroxylation is 1. The second-order valence-electron chi connectivity index (χ2n) is 3.67. The summed E-state index contributed by atoms with van der Waals surface area (Å²) in [5.74, 6) is -0.401. The highest BCUT2D eigenvalue weighted by Gasteiger charge is 2.12. The maximum Gasteiger partial charge on any atom is 0.358 e. The fourth-order valence-corrected chi connectivity index (χ4v) is 1.18. The van der Waals surface area contributed by atoms with Crippen LogP contribution < -0.4 is 5.32 Å². The first-order chi connectivity index (χ1) is 7.04. The number of ether oxygens (including phenoxy) is 1. The van der Waals surface area contributed by atoms with Gasteiger partial charge in [0, 0.05) is 19.6 Å². The first kappa shape index (κ1) is 11.7. The Hall–Kier alpha value is -1.36. The molecule has 0 bridgehead atoms. The highest BCUT2D eigenvalue weighted by atomic mass is 16.5. The van der Waals surface area contributed by atoms with Gasteiger partial charge >= 0.3 is 5.97 Å². The van der Waals surface area contributed by atoms with E-state index < -0.39 is 5.97 Å². The van der Waals surface area contributed by atoms with E-state index in [1.165, 1.54) is 7.11 Å². The molecule has 1 aromatic rings. The first-order valence-corrected chi connectivity index (χ1v) is 4.89. The molecule has 1 N–H and O–H groups in total. The van der Waals surface area contributed by atoms with Crippen LogP contribution in [0.4, 0.5) is 0 Å². The molecule has 0 atom stereocenters. The van der Waals surface area contributed by atoms with Gasteiger partial charge in [-0.2, -0.15) is 5.10 Å². The van der Waals surface area contributed by atoms with Crippen LogP contribution in [0.3, 0.4) is 0 Å². The van der Waals surface area contributed by atoms with E-state index in [4.69, 9.17) is 0 Å². The van der Waals surface area contributed by atoms with E-state index in [1.807, 2.05) is 7.05 Å². The number of hydrogen-bond donors (Lipinski definition) is 1. The highest BCUT2D eigenvalue weighted by molar-refractivity contribution is 5.87. The second-order valence-corrected chi connectivity index (χ2v) is 3.67. The van der Waals surface area contributed by atoms with Crippen molar-refractivity contribution in [1.29, 1.82) is 0 Å². The number of nitrogens with one attached hydrogen (secondary N) is 1. The van der Waals surface area contributed by atoms with Gasteiger partial charge in [0.25, 0.3) is 0 Å². The normalized spacial score (nSPS) is 10.7. The standard InChI is InChI=1S/C10H17N3O2/c1-7(2)11-6-8-5-9(10(14)15-4)12-13(8)3/h5,7,11H,6H2,1-4H3. The number of esters is 1. The molecular formula is C10H17N3O2. The molecule has 5 heteroatoms. The number of methoxy groups -OCH3 is 1. The zero-order chi connectivity index (χ0) is 11.4. The molecule has 0 aliphatic carbocycles. The molecule has 0 aliphatic heterocycles. The Bertz CT molecular complexity index is 344. The van der Waals surface area contributed by atoms with Crippen LogP contribution in [-0.2, 0) is 18.3 Å². The summed E-state index contributed by atoms with van der Waals surface area (Å²) in [6.07, 6.45) is 0. The third-order valence-electron chi connectivity index (χ3n) is 2.06. The molecule has 5 nitrogen and oxygen atoms in total. The average Bonchev–Trinajstić information content (AvgIpc) is 2.55. The van der Waals surface area contributed by atoms with Crippen molar-refractivity contribution in [3.63, 3.8) is 0 Å². The van der Waals surface area contributed by atoms with Crippen LogP contribution in [0.25, 0.3) is 0 Å². The van der Waals surface area contributed by atoms with Crippen LogP contribution >= 0.6 is 0 Å². The van der Waals surface area contributed by atoms with Gasteiger partial charge in [-0.15, -0.1) is 0 Å². The second kappa shape index (κ2) is 4.93. The Balaban J connectivity index is 2.73. The van der Waals surface area contributed by atoms with Crippen LogP contribution in [0.1, 0.15) is 30.0 Å². The van der Waals surface area contributed by atoms with E-state index >= 15 is 0 Å². The molecule has 84 valence electrons. The van der Waals surface area contributed by atoms with Crippen molar-refractivity contribution in [2.24, 2.45) is 7.05 Å². The van der Waals surface area contributed by atoms with Gasteiger partial charge in [-0.25, -0.2) is 4.79 Å². The van der Waals surface area contributed by atoms with E-state index in [9.17, 15) is 4.79 Å². The lowest BCUT2D eigenvalue weighted by molar-refractivity contribution is 0.0593. The van der Waals surface area contributed by atoms with Crippen molar-refractivity contribution in [1.82, 2.24) is 15.1 Å². The highest BCUT2D eigenvalue weighted by Crippen LogP contribution is 2.04.